The number of aromatic nitrogens is 4. The van der Waals surface area contributed by atoms with Crippen molar-refractivity contribution in [2.75, 3.05) is 12.5 Å². The number of aromatic hydroxyl groups is 2. The molecular weight excluding hydrogens is 472 g/mol. The Morgan fingerprint density at radius 3 is 1.26 bits per heavy atom. The van der Waals surface area contributed by atoms with Crippen LogP contribution in [0.15, 0.2) is 58.3 Å². The average Bonchev–Trinajstić information content (AvgIpc) is 3.33. The summed E-state index contributed by atoms with van der Waals surface area (Å²) in [6.07, 6.45) is 5.25. The maximum Gasteiger partial charge on any atom is 0.220 e. The van der Waals surface area contributed by atoms with Gasteiger partial charge in [0.15, 0.2) is 12.6 Å². The molecule has 0 atom stereocenters. The largest absolute Gasteiger partial charge is 0.493 e. The summed E-state index contributed by atoms with van der Waals surface area (Å²) in [6, 6.07) is 15.4. The van der Waals surface area contributed by atoms with E-state index in [1.165, 1.54) is 9.36 Å². The van der Waals surface area contributed by atoms with Gasteiger partial charge in [-0.15, -0.1) is 23.5 Å². The number of nitrogens with zero attached hydrogens (tertiary/aromatic N) is 4. The first-order chi connectivity index (χ1) is 16.3. The van der Waals surface area contributed by atoms with Gasteiger partial charge in [-0.05, 0) is 36.8 Å². The van der Waals surface area contributed by atoms with Crippen LogP contribution in [0.25, 0.3) is 22.5 Å². The third-order valence-electron chi connectivity index (χ3n) is 5.07. The molecule has 10 heteroatoms. The molecule has 0 radical (unpaired) electrons. The van der Waals surface area contributed by atoms with Crippen LogP contribution in [0.4, 0.5) is 0 Å². The highest BCUT2D eigenvalue weighted by molar-refractivity contribution is 7.98. The minimum Gasteiger partial charge on any atom is -0.493 e. The fraction of sp³-hybridized carbons (Fsp3) is 0.167. The number of hydrogen-bond acceptors (Lipinski definition) is 8. The molecule has 8 nitrogen and oxygen atoms in total. The van der Waals surface area contributed by atoms with Crippen molar-refractivity contribution < 1.29 is 19.8 Å². The van der Waals surface area contributed by atoms with E-state index in [0.717, 1.165) is 20.9 Å². The number of carbonyl (C=O) groups excluding carboxylic acids is 2. The van der Waals surface area contributed by atoms with Gasteiger partial charge in [-0.1, -0.05) is 24.3 Å². The number of thioether (sulfide) groups is 2. The number of hydrogen-bond donors (Lipinski definition) is 2. The lowest BCUT2D eigenvalue weighted by Crippen LogP contribution is -1.89. The van der Waals surface area contributed by atoms with Crippen molar-refractivity contribution in [1.82, 2.24) is 19.6 Å². The third kappa shape index (κ3) is 5.18. The van der Waals surface area contributed by atoms with E-state index in [-0.39, 0.29) is 22.9 Å². The van der Waals surface area contributed by atoms with Gasteiger partial charge in [0.25, 0.3) is 0 Å². The van der Waals surface area contributed by atoms with Crippen LogP contribution in [-0.2, 0) is 14.1 Å². The lowest BCUT2D eigenvalue weighted by Gasteiger charge is -1.99. The van der Waals surface area contributed by atoms with E-state index in [1.54, 1.807) is 37.6 Å². The van der Waals surface area contributed by atoms with Crippen molar-refractivity contribution in [2.45, 2.75) is 9.79 Å². The summed E-state index contributed by atoms with van der Waals surface area (Å²) < 4.78 is 2.59. The van der Waals surface area contributed by atoms with E-state index in [2.05, 4.69) is 10.2 Å². The minimum atomic E-state index is -0.107. The molecule has 2 N–H and O–H groups in total. The summed E-state index contributed by atoms with van der Waals surface area (Å²) in [5.74, 6) is -0.215. The average molecular weight is 497 g/mol. The summed E-state index contributed by atoms with van der Waals surface area (Å²) in [6.45, 7) is 0. The van der Waals surface area contributed by atoms with Gasteiger partial charge in [0, 0.05) is 35.0 Å². The number of rotatable bonds is 6. The van der Waals surface area contributed by atoms with E-state index in [1.807, 2.05) is 61.0 Å². The predicted molar refractivity (Wildman–Crippen MR) is 135 cm³/mol. The van der Waals surface area contributed by atoms with Gasteiger partial charge in [0.2, 0.25) is 11.8 Å². The van der Waals surface area contributed by atoms with Crippen molar-refractivity contribution in [3.63, 3.8) is 0 Å². The lowest BCUT2D eigenvalue weighted by molar-refractivity contribution is 0.111. The van der Waals surface area contributed by atoms with Gasteiger partial charge >= 0.3 is 0 Å². The van der Waals surface area contributed by atoms with Gasteiger partial charge in [-0.2, -0.15) is 10.2 Å². The minimum absolute atomic E-state index is 0.107. The number of carbonyl (C=O) groups is 2. The number of aldehydes is 2. The summed E-state index contributed by atoms with van der Waals surface area (Å²) in [5, 5.41) is 27.6. The molecule has 2 heterocycles. The Labute approximate surface area is 205 Å². The van der Waals surface area contributed by atoms with Gasteiger partial charge < -0.3 is 10.2 Å². The maximum absolute atomic E-state index is 10.9. The summed E-state index contributed by atoms with van der Waals surface area (Å²) in [4.78, 5) is 24.2. The zero-order valence-electron chi connectivity index (χ0n) is 19.1. The molecule has 176 valence electrons. The third-order valence-corrected chi connectivity index (χ3v) is 6.55. The van der Waals surface area contributed by atoms with Crippen molar-refractivity contribution in [3.05, 3.63) is 59.7 Å². The van der Waals surface area contributed by atoms with Crippen LogP contribution in [-0.4, -0.2) is 54.9 Å². The monoisotopic (exact) mass is 496 g/mol. The Balaban J connectivity index is 0.000000191. The molecule has 0 amide bonds. The van der Waals surface area contributed by atoms with E-state index in [0.29, 0.717) is 24.0 Å². The number of benzene rings is 2. The van der Waals surface area contributed by atoms with Gasteiger partial charge in [0.1, 0.15) is 22.5 Å². The quantitative estimate of drug-likeness (QED) is 0.293. The second kappa shape index (κ2) is 11.1. The van der Waals surface area contributed by atoms with Crippen molar-refractivity contribution in [3.8, 4) is 34.3 Å². The highest BCUT2D eigenvalue weighted by Crippen LogP contribution is 2.30. The zero-order chi connectivity index (χ0) is 24.8. The first-order valence-electron chi connectivity index (χ1n) is 10.1. The Hall–Kier alpha value is -3.50. The van der Waals surface area contributed by atoms with Crippen LogP contribution in [0.1, 0.15) is 20.7 Å². The van der Waals surface area contributed by atoms with Gasteiger partial charge in [-0.25, -0.2) is 9.36 Å². The molecule has 0 saturated carbocycles. The lowest BCUT2D eigenvalue weighted by atomic mass is 10.1. The summed E-state index contributed by atoms with van der Waals surface area (Å²) in [5.41, 5.74) is 3.11. The van der Waals surface area contributed by atoms with Crippen LogP contribution in [0.3, 0.4) is 0 Å². The van der Waals surface area contributed by atoms with E-state index in [9.17, 15) is 19.8 Å². The van der Waals surface area contributed by atoms with E-state index >= 15 is 0 Å². The fourth-order valence-corrected chi connectivity index (χ4v) is 4.02. The Bertz CT molecular complexity index is 1190. The Kier molecular flexibility index (Phi) is 8.19. The first-order valence-corrected chi connectivity index (χ1v) is 12.5. The molecule has 0 aliphatic rings. The van der Waals surface area contributed by atoms with Crippen LogP contribution >= 0.6 is 23.5 Å². The topological polar surface area (TPSA) is 110 Å². The molecule has 0 aliphatic heterocycles. The molecule has 34 heavy (non-hydrogen) atoms. The molecule has 0 aliphatic carbocycles. The second-order valence-electron chi connectivity index (χ2n) is 7.11. The maximum atomic E-state index is 10.9. The Morgan fingerprint density at radius 2 is 1.00 bits per heavy atom. The molecule has 0 bridgehead atoms. The van der Waals surface area contributed by atoms with Crippen LogP contribution in [0.5, 0.6) is 11.8 Å². The molecule has 2 aromatic carbocycles. The van der Waals surface area contributed by atoms with Crippen molar-refractivity contribution in [1.29, 1.82) is 0 Å². The van der Waals surface area contributed by atoms with Crippen LogP contribution in [0, 0.1) is 0 Å². The highest BCUT2D eigenvalue weighted by atomic mass is 32.2. The standard InChI is InChI=1S/2C12H12N2O2S/c2*1-14-12(16)10(7-15)11(13-14)8-3-5-9(17-2)6-4-8/h2*3-7,16H,1-2H3. The SMILES string of the molecule is CSc1ccc(-c2nn(C)c(O)c2C=O)cc1.CSc1ccc(-c2nn(C)c(O)c2C=O)cc1. The normalized spacial score (nSPS) is 10.5. The van der Waals surface area contributed by atoms with E-state index in [4.69, 9.17) is 0 Å². The molecule has 4 aromatic rings. The molecule has 2 aromatic heterocycles. The highest BCUT2D eigenvalue weighted by Gasteiger charge is 2.17. The predicted octanol–water partition coefficient (Wildman–Crippen LogP) is 4.65. The summed E-state index contributed by atoms with van der Waals surface area (Å²) >= 11 is 3.29. The second-order valence-corrected chi connectivity index (χ2v) is 8.87. The van der Waals surface area contributed by atoms with Crippen LogP contribution < -0.4 is 0 Å². The molecular formula is C24H24N4O4S2. The van der Waals surface area contributed by atoms with Gasteiger partial charge in [0.05, 0.1) is 0 Å². The molecule has 0 spiro atoms. The number of aryl methyl sites for hydroxylation is 2. The van der Waals surface area contributed by atoms with Crippen LogP contribution in [0.2, 0.25) is 0 Å². The fourth-order valence-electron chi connectivity index (χ4n) is 3.20. The molecule has 4 rings (SSSR count). The first kappa shape index (κ1) is 25.1. The smallest absolute Gasteiger partial charge is 0.220 e. The van der Waals surface area contributed by atoms with Crippen molar-refractivity contribution in [2.24, 2.45) is 14.1 Å². The van der Waals surface area contributed by atoms with Gasteiger partial charge in [-0.3, -0.25) is 9.59 Å². The van der Waals surface area contributed by atoms with E-state index < -0.39 is 0 Å². The molecule has 0 unspecified atom stereocenters. The zero-order valence-corrected chi connectivity index (χ0v) is 20.7. The Morgan fingerprint density at radius 1 is 0.676 bits per heavy atom. The summed E-state index contributed by atoms with van der Waals surface area (Å²) in [7, 11) is 3.20. The van der Waals surface area contributed by atoms with Crippen molar-refractivity contribution >= 4 is 36.1 Å². The molecule has 0 saturated heterocycles. The molecule has 0 fully saturated rings.